The number of carbonyl (C=O) groups is 3. The van der Waals surface area contributed by atoms with Crippen LogP contribution in [-0.4, -0.2) is 111 Å². The number of nitrogens with one attached hydrogen (secondary N) is 3. The Bertz CT molecular complexity index is 3200. The van der Waals surface area contributed by atoms with Gasteiger partial charge in [-0.1, -0.05) is 74.4 Å². The molecule has 0 aliphatic carbocycles. The zero-order valence-corrected chi connectivity index (χ0v) is 42.8. The van der Waals surface area contributed by atoms with E-state index in [1.807, 2.05) is 17.0 Å². The summed E-state index contributed by atoms with van der Waals surface area (Å²) in [6.45, 7) is 4.53. The number of nitrogens with zero attached hydrogens (tertiary/aromatic N) is 7. The smallest absolute Gasteiger partial charge is 0.409 e. The van der Waals surface area contributed by atoms with E-state index in [0.717, 1.165) is 107 Å². The molecule has 5 saturated heterocycles. The number of aromatic nitrogens is 5. The van der Waals surface area contributed by atoms with Crippen LogP contribution in [0.15, 0.2) is 59.5 Å². The molecular weight excluding hydrogens is 959 g/mol. The maximum atomic E-state index is 16.1. The quantitative estimate of drug-likeness (QED) is 0.0652. The van der Waals surface area contributed by atoms with Crippen molar-refractivity contribution in [1.82, 2.24) is 44.9 Å². The van der Waals surface area contributed by atoms with Crippen molar-refractivity contribution in [2.45, 2.75) is 120 Å². The first-order valence-corrected chi connectivity index (χ1v) is 26.8. The number of imide groups is 1. The highest BCUT2D eigenvalue weighted by atomic mass is 19.1. The fourth-order valence-corrected chi connectivity index (χ4v) is 12.0. The minimum Gasteiger partial charge on any atom is -0.467 e. The first-order valence-electron chi connectivity index (χ1n) is 26.8. The molecule has 0 spiro atoms. The Morgan fingerprint density at radius 3 is 2.47 bits per heavy atom. The fourth-order valence-electron chi connectivity index (χ4n) is 12.0. The number of halogens is 2. The lowest BCUT2D eigenvalue weighted by Gasteiger charge is -2.34. The summed E-state index contributed by atoms with van der Waals surface area (Å²) in [6, 6.07) is 14.5. The lowest BCUT2D eigenvalue weighted by molar-refractivity contribution is -0.135. The molecule has 5 fully saturated rings. The van der Waals surface area contributed by atoms with Crippen molar-refractivity contribution in [2.75, 3.05) is 51.3 Å². The van der Waals surface area contributed by atoms with E-state index in [0.29, 0.717) is 58.6 Å². The van der Waals surface area contributed by atoms with Gasteiger partial charge in [0.25, 0.3) is 0 Å². The molecule has 0 saturated carbocycles. The monoisotopic (exact) mass is 1020 g/mol. The molecule has 0 radical (unpaired) electrons. The molecule has 3 aromatic carbocycles. The summed E-state index contributed by atoms with van der Waals surface area (Å²) in [7, 11) is 3.21. The van der Waals surface area contributed by atoms with Crippen LogP contribution in [0.4, 0.5) is 19.4 Å². The maximum Gasteiger partial charge on any atom is 0.409 e. The lowest BCUT2D eigenvalue weighted by atomic mass is 9.91. The summed E-state index contributed by atoms with van der Waals surface area (Å²) in [5.41, 5.74) is 3.12. The number of likely N-dealkylation sites (tertiary alicyclic amines) is 1. The molecule has 4 atom stereocenters. The molecule has 8 heterocycles. The number of rotatable bonds is 11. The Morgan fingerprint density at radius 2 is 1.69 bits per heavy atom. The van der Waals surface area contributed by atoms with E-state index >= 15 is 4.39 Å². The third kappa shape index (κ3) is 10.9. The van der Waals surface area contributed by atoms with Crippen LogP contribution in [0.1, 0.15) is 107 Å². The van der Waals surface area contributed by atoms with E-state index < -0.39 is 23.6 Å². The van der Waals surface area contributed by atoms with Crippen LogP contribution in [-0.2, 0) is 27.8 Å². The molecule has 11 rings (SSSR count). The van der Waals surface area contributed by atoms with Crippen molar-refractivity contribution >= 4 is 56.4 Å². The molecular formula is C57H66F2N10O6. The van der Waals surface area contributed by atoms with Gasteiger partial charge in [0, 0.05) is 74.9 Å². The summed E-state index contributed by atoms with van der Waals surface area (Å²) < 4.78 is 44.7. The number of unbranched alkanes of at least 4 members (excludes halogenated alkanes) is 1. The van der Waals surface area contributed by atoms with Crippen LogP contribution in [0, 0.1) is 29.9 Å². The van der Waals surface area contributed by atoms with Crippen molar-refractivity contribution < 1.29 is 32.6 Å². The van der Waals surface area contributed by atoms with Gasteiger partial charge in [-0.3, -0.25) is 29.0 Å². The topological polar surface area (TPSA) is 178 Å². The van der Waals surface area contributed by atoms with Gasteiger partial charge in [-0.05, 0) is 93.3 Å². The molecule has 16 nitrogen and oxygen atoms in total. The minimum absolute atomic E-state index is 0.0484. The van der Waals surface area contributed by atoms with Gasteiger partial charge in [0.15, 0.2) is 5.82 Å². The average Bonchev–Trinajstić information content (AvgIpc) is 3.89. The summed E-state index contributed by atoms with van der Waals surface area (Å²) >= 11 is 0. The number of benzene rings is 3. The van der Waals surface area contributed by atoms with Crippen molar-refractivity contribution in [3.8, 4) is 29.6 Å². The Labute approximate surface area is 434 Å². The molecule has 6 aromatic rings. The molecule has 75 heavy (non-hydrogen) atoms. The molecule has 394 valence electrons. The fraction of sp³-hybridized carbons (Fsp3) is 0.491. The molecule has 4 unspecified atom stereocenters. The molecule has 5 aliphatic rings. The van der Waals surface area contributed by atoms with E-state index in [4.69, 9.17) is 15.9 Å². The summed E-state index contributed by atoms with van der Waals surface area (Å²) in [5, 5.41) is 11.1. The number of carbonyl (C=O) groups excluding carboxylic acids is 3. The predicted molar refractivity (Wildman–Crippen MR) is 284 cm³/mol. The Balaban J connectivity index is 0.000000174. The second-order valence-electron chi connectivity index (χ2n) is 20.8. The number of para-hydroxylation sites is 1. The number of fused-ring (bicyclic) bond motifs is 5. The van der Waals surface area contributed by atoms with Crippen LogP contribution < -0.4 is 31.3 Å². The van der Waals surface area contributed by atoms with Crippen LogP contribution in [0.2, 0.25) is 0 Å². The number of pyridine rings is 1. The van der Waals surface area contributed by atoms with Crippen LogP contribution in [0.5, 0.6) is 6.01 Å². The molecule has 3 aromatic heterocycles. The van der Waals surface area contributed by atoms with Gasteiger partial charge in [-0.25, -0.2) is 18.4 Å². The predicted octanol–water partition coefficient (Wildman–Crippen LogP) is 7.86. The first kappa shape index (κ1) is 51.5. The van der Waals surface area contributed by atoms with Gasteiger partial charge in [0.05, 0.1) is 29.1 Å². The summed E-state index contributed by atoms with van der Waals surface area (Å²) in [6.07, 6.45) is 21.9. The standard InChI is InChI=1S/C31H45N5O5.C26H21F2N5O/c1-34-28-23(11-8-13-25(28)36(30(34)39)26-14-15-27(37)33-29(26)38)10-6-5-9-22-16-19-35(20-17-22)31(40)41-21-24-12-4-2-3-7-18-32-24;1-3-17-20(27)10-7-14-5-4-6-18(21(14)17)23-22(28)24-19(11-29-23)25(32-26(31-24)34-2)33-12-15-8-9-16(13-33)30-15/h8,11,13,22,24,26,32H,2-7,9-10,12,14-21H2,1H3,(H,33,37,38);1,4-7,10-11,15-16,30H,8-9,12-13H2,2H3. The third-order valence-electron chi connectivity index (χ3n) is 15.9. The SMILES string of the molecule is C#Cc1c(F)ccc2cccc(-c3ncc4c(N5CC6CCC(C5)N6)nc(OC)nc4c3F)c12.Cn1c(=O)n(C2CCC(=O)NC2=O)c2cccc(CCCCC3CCN(C(=O)OCC4CCCCCCN4)CC3)c21. The number of aryl methyl sites for hydroxylation is 2. The third-order valence-corrected chi connectivity index (χ3v) is 15.9. The zero-order chi connectivity index (χ0) is 52.2. The first-order chi connectivity index (χ1) is 36.5. The highest BCUT2D eigenvalue weighted by Gasteiger charge is 2.35. The zero-order valence-electron chi connectivity index (χ0n) is 42.8. The summed E-state index contributed by atoms with van der Waals surface area (Å²) in [4.78, 5) is 67.3. The van der Waals surface area contributed by atoms with E-state index in [9.17, 15) is 23.6 Å². The minimum atomic E-state index is -0.666. The number of piperazine rings is 1. The summed E-state index contributed by atoms with van der Waals surface area (Å²) in [5.74, 6) is 1.76. The maximum absolute atomic E-state index is 16.1. The van der Waals surface area contributed by atoms with Crippen molar-refractivity contribution in [3.05, 3.63) is 88.0 Å². The Hall–Kier alpha value is -6.97. The van der Waals surface area contributed by atoms with Gasteiger partial charge in [-0.15, -0.1) is 6.42 Å². The molecule has 2 bridgehead atoms. The Morgan fingerprint density at radius 1 is 0.907 bits per heavy atom. The van der Waals surface area contributed by atoms with Gasteiger partial charge < -0.3 is 29.9 Å². The number of hydrogen-bond donors (Lipinski definition) is 3. The highest BCUT2D eigenvalue weighted by molar-refractivity contribution is 6.02. The number of anilines is 1. The number of imidazole rings is 1. The number of ether oxygens (including phenoxy) is 2. The van der Waals surface area contributed by atoms with Crippen molar-refractivity contribution in [3.63, 3.8) is 0 Å². The molecule has 18 heteroatoms. The second-order valence-corrected chi connectivity index (χ2v) is 20.8. The van der Waals surface area contributed by atoms with E-state index in [1.165, 1.54) is 38.9 Å². The highest BCUT2D eigenvalue weighted by Crippen LogP contribution is 2.38. The molecule has 3 amide bonds. The number of amides is 3. The number of terminal acetylenes is 1. The largest absolute Gasteiger partial charge is 0.467 e. The number of piperidine rings is 2. The molecule has 5 aliphatic heterocycles. The van der Waals surface area contributed by atoms with E-state index in [-0.39, 0.29) is 52.9 Å². The number of methoxy groups -OCH3 is 1. The van der Waals surface area contributed by atoms with E-state index in [2.05, 4.69) is 47.8 Å². The van der Waals surface area contributed by atoms with Gasteiger partial charge in [0.1, 0.15) is 35.5 Å². The van der Waals surface area contributed by atoms with Gasteiger partial charge in [0.2, 0.25) is 11.8 Å². The second kappa shape index (κ2) is 22.9. The van der Waals surface area contributed by atoms with E-state index in [1.54, 1.807) is 46.6 Å². The van der Waals surface area contributed by atoms with Gasteiger partial charge >= 0.3 is 17.8 Å². The molecule has 3 N–H and O–H groups in total. The van der Waals surface area contributed by atoms with Crippen LogP contribution in [0.3, 0.4) is 0 Å². The van der Waals surface area contributed by atoms with Crippen LogP contribution >= 0.6 is 0 Å². The lowest BCUT2D eigenvalue weighted by Crippen LogP contribution is -2.51. The van der Waals surface area contributed by atoms with Crippen molar-refractivity contribution in [1.29, 1.82) is 0 Å². The van der Waals surface area contributed by atoms with Crippen molar-refractivity contribution in [2.24, 2.45) is 13.0 Å². The van der Waals surface area contributed by atoms with Crippen LogP contribution in [0.25, 0.3) is 44.0 Å². The average molecular weight is 1030 g/mol. The Kier molecular flexibility index (Phi) is 15.7. The number of hydrogen-bond acceptors (Lipinski definition) is 12. The normalized spacial score (nSPS) is 21.3. The van der Waals surface area contributed by atoms with Gasteiger partial charge in [-0.2, -0.15) is 9.97 Å².